The number of unbranched alkanes of at least 4 members (excludes halogenated alkanes) is 2. The number of likely N-dealkylation sites (tertiary alicyclic amines) is 1. The molecule has 0 aromatic heterocycles. The molecule has 0 N–H and O–H groups in total. The van der Waals surface area contributed by atoms with Gasteiger partial charge < -0.3 is 4.90 Å². The van der Waals surface area contributed by atoms with Crippen molar-refractivity contribution in [2.75, 3.05) is 20.1 Å². The third-order valence-corrected chi connectivity index (χ3v) is 3.14. The maximum atomic E-state index is 2.50. The highest BCUT2D eigenvalue weighted by atomic mass is 15.1. The van der Waals surface area contributed by atoms with Crippen LogP contribution in [0.4, 0.5) is 0 Å². The predicted molar refractivity (Wildman–Crippen MR) is 58.9 cm³/mol. The van der Waals surface area contributed by atoms with Gasteiger partial charge in [-0.05, 0) is 31.7 Å². The van der Waals surface area contributed by atoms with Crippen LogP contribution < -0.4 is 0 Å². The summed E-state index contributed by atoms with van der Waals surface area (Å²) < 4.78 is 0. The van der Waals surface area contributed by atoms with Crippen LogP contribution in [0.2, 0.25) is 0 Å². The van der Waals surface area contributed by atoms with E-state index in [1.165, 1.54) is 45.2 Å². The van der Waals surface area contributed by atoms with Crippen molar-refractivity contribution in [3.63, 3.8) is 0 Å². The fourth-order valence-electron chi connectivity index (χ4n) is 2.66. The second kappa shape index (κ2) is 5.64. The lowest BCUT2D eigenvalue weighted by atomic mass is 9.87. The lowest BCUT2D eigenvalue weighted by molar-refractivity contribution is 0.153. The van der Waals surface area contributed by atoms with Crippen LogP contribution in [0.3, 0.4) is 0 Å². The molecule has 1 heterocycles. The highest BCUT2D eigenvalue weighted by molar-refractivity contribution is 4.74. The molecule has 0 radical (unpaired) electrons. The van der Waals surface area contributed by atoms with Crippen molar-refractivity contribution >= 4 is 0 Å². The lowest BCUT2D eigenvalue weighted by Gasteiger charge is -2.34. The number of hydrogen-bond donors (Lipinski definition) is 0. The van der Waals surface area contributed by atoms with Gasteiger partial charge in [0.1, 0.15) is 0 Å². The van der Waals surface area contributed by atoms with Crippen molar-refractivity contribution in [2.24, 2.45) is 11.8 Å². The summed E-state index contributed by atoms with van der Waals surface area (Å²) in [5.41, 5.74) is 0. The monoisotopic (exact) mass is 183 g/mol. The van der Waals surface area contributed by atoms with Gasteiger partial charge in [0.15, 0.2) is 0 Å². The van der Waals surface area contributed by atoms with Crippen molar-refractivity contribution in [2.45, 2.75) is 46.0 Å². The van der Waals surface area contributed by atoms with Gasteiger partial charge in [-0.2, -0.15) is 0 Å². The van der Waals surface area contributed by atoms with Crippen molar-refractivity contribution in [1.82, 2.24) is 4.90 Å². The zero-order chi connectivity index (χ0) is 9.68. The summed E-state index contributed by atoms with van der Waals surface area (Å²) in [5, 5.41) is 0. The van der Waals surface area contributed by atoms with E-state index in [1.54, 1.807) is 0 Å². The van der Waals surface area contributed by atoms with E-state index in [0.29, 0.717) is 0 Å². The zero-order valence-corrected chi connectivity index (χ0v) is 9.55. The maximum absolute atomic E-state index is 2.50. The summed E-state index contributed by atoms with van der Waals surface area (Å²) in [6, 6.07) is 0. The topological polar surface area (TPSA) is 3.24 Å². The molecule has 1 fully saturated rings. The minimum absolute atomic E-state index is 0.922. The molecule has 0 amide bonds. The lowest BCUT2D eigenvalue weighted by Crippen LogP contribution is -2.36. The second-order valence-corrected chi connectivity index (χ2v) is 4.92. The quantitative estimate of drug-likeness (QED) is 0.605. The van der Waals surface area contributed by atoms with Crippen LogP contribution in [0, 0.1) is 11.8 Å². The first-order valence-corrected chi connectivity index (χ1v) is 5.91. The van der Waals surface area contributed by atoms with E-state index >= 15 is 0 Å². The molecule has 0 saturated carbocycles. The standard InChI is InChI=1S/C12H25N/c1-4-5-6-7-12-8-11(2)9-13(3)10-12/h11-12H,4-10H2,1-3H3. The van der Waals surface area contributed by atoms with Gasteiger partial charge in [-0.25, -0.2) is 0 Å². The Balaban J connectivity index is 2.17. The molecule has 78 valence electrons. The van der Waals surface area contributed by atoms with Gasteiger partial charge in [0, 0.05) is 13.1 Å². The van der Waals surface area contributed by atoms with E-state index in [-0.39, 0.29) is 0 Å². The van der Waals surface area contributed by atoms with Crippen LogP contribution in [0.15, 0.2) is 0 Å². The molecule has 1 rings (SSSR count). The number of nitrogens with zero attached hydrogens (tertiary/aromatic N) is 1. The van der Waals surface area contributed by atoms with E-state index in [2.05, 4.69) is 25.8 Å². The Labute approximate surface area is 83.5 Å². The van der Waals surface area contributed by atoms with Crippen molar-refractivity contribution in [3.8, 4) is 0 Å². The van der Waals surface area contributed by atoms with Crippen LogP contribution >= 0.6 is 0 Å². The van der Waals surface area contributed by atoms with Crippen molar-refractivity contribution < 1.29 is 0 Å². The summed E-state index contributed by atoms with van der Waals surface area (Å²) >= 11 is 0. The van der Waals surface area contributed by atoms with Gasteiger partial charge in [0.2, 0.25) is 0 Å². The second-order valence-electron chi connectivity index (χ2n) is 4.92. The smallest absolute Gasteiger partial charge is 0.000683 e. The fraction of sp³-hybridized carbons (Fsp3) is 1.00. The zero-order valence-electron chi connectivity index (χ0n) is 9.55. The van der Waals surface area contributed by atoms with Gasteiger partial charge in [0.25, 0.3) is 0 Å². The molecule has 0 bridgehead atoms. The highest BCUT2D eigenvalue weighted by Gasteiger charge is 2.21. The first-order chi connectivity index (χ1) is 6.22. The Morgan fingerprint density at radius 2 is 2.00 bits per heavy atom. The van der Waals surface area contributed by atoms with Gasteiger partial charge in [0.05, 0.1) is 0 Å². The Morgan fingerprint density at radius 3 is 2.62 bits per heavy atom. The van der Waals surface area contributed by atoms with Crippen LogP contribution in [0.25, 0.3) is 0 Å². The third kappa shape index (κ3) is 4.12. The normalized spacial score (nSPS) is 30.7. The fourth-order valence-corrected chi connectivity index (χ4v) is 2.66. The Hall–Kier alpha value is -0.0400. The molecule has 1 aliphatic heterocycles. The van der Waals surface area contributed by atoms with Gasteiger partial charge in [-0.1, -0.05) is 33.1 Å². The van der Waals surface area contributed by atoms with Crippen LogP contribution in [-0.2, 0) is 0 Å². The van der Waals surface area contributed by atoms with Gasteiger partial charge in [-0.3, -0.25) is 0 Å². The molecule has 0 aromatic carbocycles. The summed E-state index contributed by atoms with van der Waals surface area (Å²) in [5.74, 6) is 1.91. The average molecular weight is 183 g/mol. The highest BCUT2D eigenvalue weighted by Crippen LogP contribution is 2.24. The molecule has 2 unspecified atom stereocenters. The Bertz CT molecular complexity index is 123. The van der Waals surface area contributed by atoms with Crippen molar-refractivity contribution in [3.05, 3.63) is 0 Å². The minimum Gasteiger partial charge on any atom is -0.306 e. The van der Waals surface area contributed by atoms with Gasteiger partial charge >= 0.3 is 0 Å². The Kier molecular flexibility index (Phi) is 4.79. The number of hydrogen-bond acceptors (Lipinski definition) is 1. The molecule has 0 spiro atoms. The molecule has 1 nitrogen and oxygen atoms in total. The first-order valence-electron chi connectivity index (χ1n) is 5.91. The van der Waals surface area contributed by atoms with Crippen LogP contribution in [0.5, 0.6) is 0 Å². The van der Waals surface area contributed by atoms with E-state index in [4.69, 9.17) is 0 Å². The summed E-state index contributed by atoms with van der Waals surface area (Å²) in [4.78, 5) is 2.50. The van der Waals surface area contributed by atoms with E-state index in [1.807, 2.05) is 0 Å². The molecular formula is C12H25N. The largest absolute Gasteiger partial charge is 0.306 e. The molecular weight excluding hydrogens is 158 g/mol. The molecule has 0 aromatic rings. The average Bonchev–Trinajstić information content (AvgIpc) is 2.03. The Morgan fingerprint density at radius 1 is 1.23 bits per heavy atom. The van der Waals surface area contributed by atoms with Crippen LogP contribution in [0.1, 0.15) is 46.0 Å². The number of rotatable bonds is 4. The van der Waals surface area contributed by atoms with Gasteiger partial charge in [-0.15, -0.1) is 0 Å². The minimum atomic E-state index is 0.922. The molecule has 1 saturated heterocycles. The number of piperidine rings is 1. The summed E-state index contributed by atoms with van der Waals surface area (Å²) in [6.07, 6.45) is 7.16. The molecule has 13 heavy (non-hydrogen) atoms. The van der Waals surface area contributed by atoms with E-state index < -0.39 is 0 Å². The van der Waals surface area contributed by atoms with E-state index in [0.717, 1.165) is 11.8 Å². The molecule has 0 aliphatic carbocycles. The first kappa shape index (κ1) is 11.0. The predicted octanol–water partition coefficient (Wildman–Crippen LogP) is 3.15. The molecule has 1 aliphatic rings. The van der Waals surface area contributed by atoms with Crippen LogP contribution in [-0.4, -0.2) is 25.0 Å². The third-order valence-electron chi connectivity index (χ3n) is 3.14. The maximum Gasteiger partial charge on any atom is 0.000683 e. The summed E-state index contributed by atoms with van der Waals surface area (Å²) in [6.45, 7) is 7.33. The van der Waals surface area contributed by atoms with Crippen molar-refractivity contribution in [1.29, 1.82) is 0 Å². The SMILES string of the molecule is CCCCCC1CC(C)CN(C)C1. The summed E-state index contributed by atoms with van der Waals surface area (Å²) in [7, 11) is 2.27. The van der Waals surface area contributed by atoms with E-state index in [9.17, 15) is 0 Å². The molecule has 2 atom stereocenters. The molecule has 1 heteroatoms.